The maximum absolute atomic E-state index is 13.2. The van der Waals surface area contributed by atoms with Crippen molar-refractivity contribution < 1.29 is 4.39 Å². The largest absolute Gasteiger partial charge is 0.310 e. The van der Waals surface area contributed by atoms with E-state index in [0.29, 0.717) is 6.04 Å². The van der Waals surface area contributed by atoms with Gasteiger partial charge >= 0.3 is 0 Å². The van der Waals surface area contributed by atoms with Gasteiger partial charge in [-0.05, 0) is 68.0 Å². The Morgan fingerprint density at radius 1 is 1.45 bits per heavy atom. The van der Waals surface area contributed by atoms with Crippen LogP contribution in [0, 0.1) is 12.7 Å². The molecule has 2 aromatic rings. The first kappa shape index (κ1) is 13.3. The third-order valence-electron chi connectivity index (χ3n) is 4.13. The third kappa shape index (κ3) is 2.75. The van der Waals surface area contributed by atoms with Gasteiger partial charge in [-0.25, -0.2) is 4.39 Å². The van der Waals surface area contributed by atoms with E-state index in [4.69, 9.17) is 0 Å². The molecule has 1 aliphatic carbocycles. The zero-order chi connectivity index (χ0) is 13.9. The lowest BCUT2D eigenvalue weighted by Gasteiger charge is -2.13. The summed E-state index contributed by atoms with van der Waals surface area (Å²) in [6.07, 6.45) is 6.09. The van der Waals surface area contributed by atoms with Crippen LogP contribution in [0.3, 0.4) is 0 Å². The summed E-state index contributed by atoms with van der Waals surface area (Å²) in [5.74, 6) is -0.125. The molecule has 3 rings (SSSR count). The number of nitrogens with zero attached hydrogens (tertiary/aromatic N) is 1. The van der Waals surface area contributed by atoms with Crippen molar-refractivity contribution in [1.29, 1.82) is 0 Å². The van der Waals surface area contributed by atoms with Crippen molar-refractivity contribution in [3.63, 3.8) is 0 Å². The van der Waals surface area contributed by atoms with Crippen LogP contribution < -0.4 is 5.32 Å². The Kier molecular flexibility index (Phi) is 3.83. The zero-order valence-corrected chi connectivity index (χ0v) is 11.7. The number of halogens is 1. The lowest BCUT2D eigenvalue weighted by molar-refractivity contribution is 0.520. The molecule has 0 radical (unpaired) electrons. The van der Waals surface area contributed by atoms with Crippen molar-refractivity contribution in [2.75, 3.05) is 6.54 Å². The quantitative estimate of drug-likeness (QED) is 0.822. The molecule has 1 unspecified atom stereocenters. The second-order valence-electron chi connectivity index (χ2n) is 5.51. The fourth-order valence-corrected chi connectivity index (χ4v) is 2.98. The van der Waals surface area contributed by atoms with Crippen LogP contribution in [-0.4, -0.2) is 16.7 Å². The highest BCUT2D eigenvalue weighted by Gasteiger charge is 2.21. The number of fused-ring (bicyclic) bond motifs is 1. The summed E-state index contributed by atoms with van der Waals surface area (Å²) in [7, 11) is 0. The Labute approximate surface area is 118 Å². The van der Waals surface area contributed by atoms with Crippen LogP contribution >= 0.6 is 0 Å². The lowest BCUT2D eigenvalue weighted by atomic mass is 10.1. The van der Waals surface area contributed by atoms with E-state index >= 15 is 0 Å². The van der Waals surface area contributed by atoms with Crippen LogP contribution in [0.15, 0.2) is 24.4 Å². The van der Waals surface area contributed by atoms with Gasteiger partial charge in [0.1, 0.15) is 5.82 Å². The molecule has 3 nitrogen and oxygen atoms in total. The Morgan fingerprint density at radius 2 is 2.35 bits per heavy atom. The van der Waals surface area contributed by atoms with E-state index in [1.165, 1.54) is 11.1 Å². The molecule has 1 aromatic heterocycles. The molecule has 106 valence electrons. The molecular weight excluding hydrogens is 253 g/mol. The second kappa shape index (κ2) is 5.75. The molecule has 4 heteroatoms. The van der Waals surface area contributed by atoms with Gasteiger partial charge in [-0.15, -0.1) is 0 Å². The Bertz CT molecular complexity index is 591. The molecule has 20 heavy (non-hydrogen) atoms. The van der Waals surface area contributed by atoms with Crippen molar-refractivity contribution >= 4 is 0 Å². The molecule has 1 aliphatic rings. The molecular formula is C16H20FN3. The predicted octanol–water partition coefficient (Wildman–Crippen LogP) is 3.07. The van der Waals surface area contributed by atoms with Crippen molar-refractivity contribution in [2.45, 2.75) is 38.6 Å². The molecule has 0 saturated heterocycles. The summed E-state index contributed by atoms with van der Waals surface area (Å²) < 4.78 is 13.2. The molecule has 0 spiro atoms. The summed E-state index contributed by atoms with van der Waals surface area (Å²) in [6, 6.07) is 5.55. The number of rotatable bonds is 5. The maximum Gasteiger partial charge on any atom is 0.123 e. The number of benzene rings is 1. The molecule has 0 fully saturated rings. The average Bonchev–Trinajstić information content (AvgIpc) is 3.01. The van der Waals surface area contributed by atoms with Crippen molar-refractivity contribution in [1.82, 2.24) is 15.5 Å². The van der Waals surface area contributed by atoms with Crippen molar-refractivity contribution in [3.05, 3.63) is 52.6 Å². The summed E-state index contributed by atoms with van der Waals surface area (Å²) in [6.45, 7) is 3.03. The van der Waals surface area contributed by atoms with Crippen LogP contribution in [0.25, 0.3) is 0 Å². The number of aryl methyl sites for hydroxylation is 3. The molecule has 0 bridgehead atoms. The van der Waals surface area contributed by atoms with Crippen LogP contribution in [0.5, 0.6) is 0 Å². The standard InChI is InChI=1S/C16H20FN3/c1-11-13(10-19-20-11)3-2-8-18-16-7-4-12-9-14(17)5-6-15(12)16/h5-6,9-10,16,18H,2-4,7-8H2,1H3,(H,19,20). The van der Waals surface area contributed by atoms with E-state index in [2.05, 4.69) is 22.4 Å². The van der Waals surface area contributed by atoms with Gasteiger partial charge in [-0.3, -0.25) is 5.10 Å². The number of hydrogen-bond donors (Lipinski definition) is 2. The number of nitrogens with one attached hydrogen (secondary N) is 2. The van der Waals surface area contributed by atoms with E-state index < -0.39 is 0 Å². The van der Waals surface area contributed by atoms with Gasteiger partial charge in [0.15, 0.2) is 0 Å². The minimum Gasteiger partial charge on any atom is -0.310 e. The highest BCUT2D eigenvalue weighted by atomic mass is 19.1. The summed E-state index contributed by atoms with van der Waals surface area (Å²) in [5.41, 5.74) is 4.88. The highest BCUT2D eigenvalue weighted by Crippen LogP contribution is 2.31. The minimum absolute atomic E-state index is 0.125. The Hall–Kier alpha value is -1.68. The summed E-state index contributed by atoms with van der Waals surface area (Å²) in [5, 5.41) is 10.6. The van der Waals surface area contributed by atoms with E-state index in [9.17, 15) is 4.39 Å². The minimum atomic E-state index is -0.125. The molecule has 1 heterocycles. The van der Waals surface area contributed by atoms with Gasteiger partial charge in [-0.2, -0.15) is 5.10 Å². The van der Waals surface area contributed by atoms with E-state index in [1.807, 2.05) is 12.3 Å². The zero-order valence-electron chi connectivity index (χ0n) is 11.7. The maximum atomic E-state index is 13.2. The SMILES string of the molecule is Cc1[nH]ncc1CCCNC1CCc2cc(F)ccc21. The average molecular weight is 273 g/mol. The molecule has 2 N–H and O–H groups in total. The van der Waals surface area contributed by atoms with E-state index in [0.717, 1.165) is 43.5 Å². The van der Waals surface area contributed by atoms with Gasteiger partial charge in [-0.1, -0.05) is 6.07 Å². The van der Waals surface area contributed by atoms with Crippen LogP contribution in [0.1, 0.15) is 41.3 Å². The number of aromatic nitrogens is 2. The molecule has 1 atom stereocenters. The van der Waals surface area contributed by atoms with Crippen LogP contribution in [0.2, 0.25) is 0 Å². The fourth-order valence-electron chi connectivity index (χ4n) is 2.98. The van der Waals surface area contributed by atoms with Crippen molar-refractivity contribution in [2.24, 2.45) is 0 Å². The predicted molar refractivity (Wildman–Crippen MR) is 77.1 cm³/mol. The molecule has 0 saturated carbocycles. The number of aromatic amines is 1. The lowest BCUT2D eigenvalue weighted by Crippen LogP contribution is -2.20. The molecule has 1 aromatic carbocycles. The normalized spacial score (nSPS) is 17.4. The Balaban J connectivity index is 1.50. The highest BCUT2D eigenvalue weighted by molar-refractivity contribution is 5.34. The third-order valence-corrected chi connectivity index (χ3v) is 4.13. The smallest absolute Gasteiger partial charge is 0.123 e. The topological polar surface area (TPSA) is 40.7 Å². The summed E-state index contributed by atoms with van der Waals surface area (Å²) in [4.78, 5) is 0. The Morgan fingerprint density at radius 3 is 3.15 bits per heavy atom. The van der Waals surface area contributed by atoms with E-state index in [-0.39, 0.29) is 5.82 Å². The second-order valence-corrected chi connectivity index (χ2v) is 5.51. The van der Waals surface area contributed by atoms with Crippen molar-refractivity contribution in [3.8, 4) is 0 Å². The fraction of sp³-hybridized carbons (Fsp3) is 0.438. The van der Waals surface area contributed by atoms with Gasteiger partial charge in [0.05, 0.1) is 6.20 Å². The number of hydrogen-bond acceptors (Lipinski definition) is 2. The van der Waals surface area contributed by atoms with Gasteiger partial charge in [0, 0.05) is 11.7 Å². The first-order valence-electron chi connectivity index (χ1n) is 7.24. The van der Waals surface area contributed by atoms with Gasteiger partial charge < -0.3 is 5.32 Å². The molecule has 0 amide bonds. The first-order chi connectivity index (χ1) is 9.74. The van der Waals surface area contributed by atoms with Gasteiger partial charge in [0.25, 0.3) is 0 Å². The van der Waals surface area contributed by atoms with Crippen LogP contribution in [-0.2, 0) is 12.8 Å². The monoisotopic (exact) mass is 273 g/mol. The first-order valence-corrected chi connectivity index (χ1v) is 7.24. The van der Waals surface area contributed by atoms with Crippen LogP contribution in [0.4, 0.5) is 4.39 Å². The molecule has 0 aliphatic heterocycles. The van der Waals surface area contributed by atoms with E-state index in [1.54, 1.807) is 12.1 Å². The van der Waals surface area contributed by atoms with Gasteiger partial charge in [0.2, 0.25) is 0 Å². The number of H-pyrrole nitrogens is 1. The summed E-state index contributed by atoms with van der Waals surface area (Å²) >= 11 is 0.